The van der Waals surface area contributed by atoms with Crippen LogP contribution in [0, 0.1) is 5.41 Å². The van der Waals surface area contributed by atoms with Gasteiger partial charge in [-0.15, -0.1) is 0 Å². The van der Waals surface area contributed by atoms with Crippen molar-refractivity contribution in [3.05, 3.63) is 0 Å². The molecule has 0 aromatic heterocycles. The van der Waals surface area contributed by atoms with Gasteiger partial charge in [-0.1, -0.05) is 25.1 Å². The fourth-order valence-electron chi connectivity index (χ4n) is 2.18. The number of hydrogen-bond acceptors (Lipinski definition) is 3. The number of nitrogens with one attached hydrogen (secondary N) is 2. The molecule has 0 heterocycles. The van der Waals surface area contributed by atoms with Gasteiger partial charge in [-0.3, -0.25) is 9.59 Å². The summed E-state index contributed by atoms with van der Waals surface area (Å²) in [6, 6.07) is -0.570. The monoisotopic (exact) mass is 257 g/mol. The van der Waals surface area contributed by atoms with Crippen LogP contribution >= 0.6 is 12.2 Å². The van der Waals surface area contributed by atoms with Gasteiger partial charge in [0.1, 0.15) is 6.04 Å². The third-order valence-electron chi connectivity index (χ3n) is 3.35. The summed E-state index contributed by atoms with van der Waals surface area (Å²) >= 11 is 5.01. The maximum atomic E-state index is 12.2. The molecular weight excluding hydrogens is 238 g/mol. The molecule has 1 rings (SSSR count). The van der Waals surface area contributed by atoms with Crippen LogP contribution in [0.25, 0.3) is 0 Å². The van der Waals surface area contributed by atoms with E-state index in [9.17, 15) is 9.59 Å². The summed E-state index contributed by atoms with van der Waals surface area (Å²) < 4.78 is 0. The molecule has 4 N–H and O–H groups in total. The van der Waals surface area contributed by atoms with Crippen LogP contribution in [0.15, 0.2) is 0 Å². The molecule has 1 aliphatic rings. The third kappa shape index (κ3) is 2.74. The molecule has 1 saturated carbocycles. The fourth-order valence-corrected chi connectivity index (χ4v) is 2.48. The van der Waals surface area contributed by atoms with E-state index >= 15 is 0 Å². The first-order chi connectivity index (χ1) is 7.94. The lowest BCUT2D eigenvalue weighted by Gasteiger charge is -2.27. The Labute approximate surface area is 107 Å². The average Bonchev–Trinajstić information content (AvgIpc) is 2.77. The number of carbonyl (C=O) groups excluding carboxylic acids is 2. The molecule has 2 amide bonds. The summed E-state index contributed by atoms with van der Waals surface area (Å²) in [7, 11) is 1.53. The molecule has 6 heteroatoms. The lowest BCUT2D eigenvalue weighted by Crippen LogP contribution is -2.52. The summed E-state index contributed by atoms with van der Waals surface area (Å²) in [5.74, 6) is -0.451. The SMILES string of the molecule is CNC(=O)C(C)NC(=O)C1(C(N)=S)CCCC1. The molecule has 1 fully saturated rings. The molecule has 0 saturated heterocycles. The van der Waals surface area contributed by atoms with Crippen LogP contribution in [0.4, 0.5) is 0 Å². The topological polar surface area (TPSA) is 84.2 Å². The van der Waals surface area contributed by atoms with Crippen molar-refractivity contribution in [2.24, 2.45) is 11.1 Å². The van der Waals surface area contributed by atoms with Crippen LogP contribution in [0.1, 0.15) is 32.6 Å². The molecule has 5 nitrogen and oxygen atoms in total. The molecule has 0 aliphatic heterocycles. The van der Waals surface area contributed by atoms with Crippen molar-refractivity contribution < 1.29 is 9.59 Å². The number of carbonyl (C=O) groups is 2. The van der Waals surface area contributed by atoms with E-state index < -0.39 is 11.5 Å². The Hall–Kier alpha value is -1.17. The molecule has 1 unspecified atom stereocenters. The first-order valence-electron chi connectivity index (χ1n) is 5.76. The number of likely N-dealkylation sites (N-methyl/N-ethyl adjacent to an activating group) is 1. The van der Waals surface area contributed by atoms with E-state index in [1.165, 1.54) is 7.05 Å². The third-order valence-corrected chi connectivity index (χ3v) is 3.74. The van der Waals surface area contributed by atoms with Crippen molar-refractivity contribution in [3.8, 4) is 0 Å². The van der Waals surface area contributed by atoms with Gasteiger partial charge in [-0.25, -0.2) is 0 Å². The molecule has 1 atom stereocenters. The first-order valence-corrected chi connectivity index (χ1v) is 6.17. The molecule has 96 valence electrons. The van der Waals surface area contributed by atoms with E-state index in [0.717, 1.165) is 12.8 Å². The molecule has 0 spiro atoms. The maximum absolute atomic E-state index is 12.2. The van der Waals surface area contributed by atoms with Crippen LogP contribution in [0.2, 0.25) is 0 Å². The molecule has 17 heavy (non-hydrogen) atoms. The number of thiocarbonyl (C=S) groups is 1. The smallest absolute Gasteiger partial charge is 0.242 e. The van der Waals surface area contributed by atoms with Crippen molar-refractivity contribution >= 4 is 29.0 Å². The zero-order chi connectivity index (χ0) is 13.1. The van der Waals surface area contributed by atoms with Crippen molar-refractivity contribution in [1.82, 2.24) is 10.6 Å². The van der Waals surface area contributed by atoms with Crippen LogP contribution in [-0.2, 0) is 9.59 Å². The van der Waals surface area contributed by atoms with Gasteiger partial charge in [0.05, 0.1) is 10.4 Å². The highest BCUT2D eigenvalue weighted by atomic mass is 32.1. The van der Waals surface area contributed by atoms with E-state index in [0.29, 0.717) is 12.8 Å². The van der Waals surface area contributed by atoms with Crippen LogP contribution in [-0.4, -0.2) is 29.9 Å². The van der Waals surface area contributed by atoms with Crippen LogP contribution < -0.4 is 16.4 Å². The Kier molecular flexibility index (Phi) is 4.45. The normalized spacial score (nSPS) is 19.4. The zero-order valence-corrected chi connectivity index (χ0v) is 11.0. The van der Waals surface area contributed by atoms with E-state index in [-0.39, 0.29) is 16.8 Å². The second-order valence-electron chi connectivity index (χ2n) is 4.46. The summed E-state index contributed by atoms with van der Waals surface area (Å²) in [4.78, 5) is 23.8. The van der Waals surface area contributed by atoms with Crippen molar-refractivity contribution in [2.75, 3.05) is 7.05 Å². The van der Waals surface area contributed by atoms with Gasteiger partial charge in [-0.2, -0.15) is 0 Å². The van der Waals surface area contributed by atoms with E-state index in [2.05, 4.69) is 10.6 Å². The molecular formula is C11H19N3O2S. The number of amides is 2. The summed E-state index contributed by atoms with van der Waals surface area (Å²) in [5.41, 5.74) is 4.94. The van der Waals surface area contributed by atoms with Gasteiger partial charge in [0.15, 0.2) is 0 Å². The summed E-state index contributed by atoms with van der Waals surface area (Å²) in [5, 5.41) is 5.16. The second-order valence-corrected chi connectivity index (χ2v) is 4.90. The number of nitrogens with two attached hydrogens (primary N) is 1. The van der Waals surface area contributed by atoms with Gasteiger partial charge >= 0.3 is 0 Å². The zero-order valence-electron chi connectivity index (χ0n) is 10.2. The lowest BCUT2D eigenvalue weighted by molar-refractivity contribution is -0.132. The highest BCUT2D eigenvalue weighted by molar-refractivity contribution is 7.80. The minimum Gasteiger partial charge on any atom is -0.392 e. The van der Waals surface area contributed by atoms with Crippen molar-refractivity contribution in [1.29, 1.82) is 0 Å². The van der Waals surface area contributed by atoms with E-state index in [1.807, 2.05) is 0 Å². The molecule has 0 aromatic rings. The molecule has 0 bridgehead atoms. The molecule has 0 radical (unpaired) electrons. The summed E-state index contributed by atoms with van der Waals surface area (Å²) in [6.45, 7) is 1.64. The minimum atomic E-state index is -0.752. The first kappa shape index (κ1) is 13.9. The molecule has 1 aliphatic carbocycles. The Bertz CT molecular complexity index is 338. The van der Waals surface area contributed by atoms with Crippen LogP contribution in [0.3, 0.4) is 0 Å². The predicted octanol–water partition coefficient (Wildman–Crippen LogP) is 0.0836. The Balaban J connectivity index is 2.74. The summed E-state index contributed by atoms with van der Waals surface area (Å²) in [6.07, 6.45) is 3.24. The standard InChI is InChI=1S/C11H19N3O2S/c1-7(8(15)13-2)14-10(16)11(9(12)17)5-3-4-6-11/h7H,3-6H2,1-2H3,(H2,12,17)(H,13,15)(H,14,16). The van der Waals surface area contributed by atoms with Gasteiger partial charge < -0.3 is 16.4 Å². The van der Waals surface area contributed by atoms with E-state index in [1.54, 1.807) is 6.92 Å². The quantitative estimate of drug-likeness (QED) is 0.623. The van der Waals surface area contributed by atoms with Crippen molar-refractivity contribution in [2.45, 2.75) is 38.6 Å². The minimum absolute atomic E-state index is 0.224. The number of hydrogen-bond donors (Lipinski definition) is 3. The van der Waals surface area contributed by atoms with Gasteiger partial charge in [0.2, 0.25) is 11.8 Å². The largest absolute Gasteiger partial charge is 0.392 e. The lowest BCUT2D eigenvalue weighted by atomic mass is 9.85. The van der Waals surface area contributed by atoms with Crippen molar-refractivity contribution in [3.63, 3.8) is 0 Å². The Morgan fingerprint density at radius 1 is 1.35 bits per heavy atom. The fraction of sp³-hybridized carbons (Fsp3) is 0.727. The highest BCUT2D eigenvalue weighted by Crippen LogP contribution is 2.38. The van der Waals surface area contributed by atoms with Gasteiger partial charge in [0.25, 0.3) is 0 Å². The average molecular weight is 257 g/mol. The van der Waals surface area contributed by atoms with Gasteiger partial charge in [0, 0.05) is 7.05 Å². The maximum Gasteiger partial charge on any atom is 0.242 e. The Morgan fingerprint density at radius 2 is 1.88 bits per heavy atom. The highest BCUT2D eigenvalue weighted by Gasteiger charge is 2.44. The molecule has 0 aromatic carbocycles. The number of rotatable bonds is 4. The van der Waals surface area contributed by atoms with Crippen LogP contribution in [0.5, 0.6) is 0 Å². The second kappa shape index (κ2) is 5.44. The van der Waals surface area contributed by atoms with E-state index in [4.69, 9.17) is 18.0 Å². The Morgan fingerprint density at radius 3 is 2.29 bits per heavy atom. The predicted molar refractivity (Wildman–Crippen MR) is 69.4 cm³/mol. The van der Waals surface area contributed by atoms with Gasteiger partial charge in [-0.05, 0) is 19.8 Å².